The minimum atomic E-state index is -0.610. The van der Waals surface area contributed by atoms with Gasteiger partial charge in [-0.3, -0.25) is 4.90 Å². The summed E-state index contributed by atoms with van der Waals surface area (Å²) in [5, 5.41) is 15.9. The molecule has 1 heterocycles. The molecule has 0 saturated heterocycles. The predicted molar refractivity (Wildman–Crippen MR) is 139 cm³/mol. The first-order valence-corrected chi connectivity index (χ1v) is 12.4. The molecule has 0 amide bonds. The average Bonchev–Trinajstić information content (AvgIpc) is 3.17. The van der Waals surface area contributed by atoms with E-state index in [9.17, 15) is 5.11 Å². The van der Waals surface area contributed by atoms with Crippen LogP contribution in [0.25, 0.3) is 5.69 Å². The zero-order valence-electron chi connectivity index (χ0n) is 20.8. The van der Waals surface area contributed by atoms with Crippen LogP contribution in [0, 0.1) is 6.92 Å². The van der Waals surface area contributed by atoms with E-state index >= 15 is 0 Å². The number of aliphatic hydroxyl groups is 1. The first-order chi connectivity index (χ1) is 17.0. The standard InChI is InChI=1S/C27H36ClN3O4/c1-4-5-16-34-20-23(32)18-30(15-17-33-3)19-24-21(2)29-31(22-11-7-6-8-12-22)27(24)35-26-14-10-9-13-25(26)28/h6-14,23,32H,4-5,15-20H2,1-3H3/t23-/m1/s1. The van der Waals surface area contributed by atoms with E-state index in [4.69, 9.17) is 30.9 Å². The summed E-state index contributed by atoms with van der Waals surface area (Å²) in [4.78, 5) is 2.14. The fraction of sp³-hybridized carbons (Fsp3) is 0.444. The summed E-state index contributed by atoms with van der Waals surface area (Å²) in [6, 6.07) is 17.2. The van der Waals surface area contributed by atoms with Gasteiger partial charge in [-0.05, 0) is 37.6 Å². The third kappa shape index (κ3) is 8.05. The Morgan fingerprint density at radius 3 is 2.54 bits per heavy atom. The lowest BCUT2D eigenvalue weighted by Crippen LogP contribution is -2.36. The van der Waals surface area contributed by atoms with Crippen molar-refractivity contribution in [3.05, 3.63) is 70.9 Å². The summed E-state index contributed by atoms with van der Waals surface area (Å²) < 4.78 is 19.1. The van der Waals surface area contributed by atoms with Crippen molar-refractivity contribution in [2.24, 2.45) is 0 Å². The van der Waals surface area contributed by atoms with E-state index in [0.29, 0.717) is 56.1 Å². The molecule has 0 saturated carbocycles. The number of nitrogens with zero attached hydrogens (tertiary/aromatic N) is 3. The van der Waals surface area contributed by atoms with E-state index in [1.165, 1.54) is 0 Å². The van der Waals surface area contributed by atoms with Crippen LogP contribution in [0.15, 0.2) is 54.6 Å². The summed E-state index contributed by atoms with van der Waals surface area (Å²) in [6.07, 6.45) is 1.44. The summed E-state index contributed by atoms with van der Waals surface area (Å²) in [5.41, 5.74) is 2.65. The number of para-hydroxylation sites is 2. The molecular formula is C27H36ClN3O4. The van der Waals surface area contributed by atoms with Gasteiger partial charge in [-0.25, -0.2) is 4.68 Å². The van der Waals surface area contributed by atoms with Crippen molar-refractivity contribution in [1.82, 2.24) is 14.7 Å². The SMILES string of the molecule is CCCCOC[C@H](O)CN(CCOC)Cc1c(C)nn(-c2ccccc2)c1Oc1ccccc1Cl. The maximum Gasteiger partial charge on any atom is 0.227 e. The van der Waals surface area contributed by atoms with Gasteiger partial charge < -0.3 is 19.3 Å². The van der Waals surface area contributed by atoms with Gasteiger partial charge in [0.15, 0.2) is 0 Å². The van der Waals surface area contributed by atoms with Gasteiger partial charge >= 0.3 is 0 Å². The molecule has 3 aromatic rings. The summed E-state index contributed by atoms with van der Waals surface area (Å²) in [7, 11) is 1.67. The average molecular weight is 502 g/mol. The van der Waals surface area contributed by atoms with Crippen molar-refractivity contribution in [3.8, 4) is 17.3 Å². The Kier molecular flexibility index (Phi) is 11.0. The molecule has 0 fully saturated rings. The molecular weight excluding hydrogens is 466 g/mol. The summed E-state index contributed by atoms with van der Waals surface area (Å²) >= 11 is 6.42. The summed E-state index contributed by atoms with van der Waals surface area (Å²) in [5.74, 6) is 1.15. The van der Waals surface area contributed by atoms with Crippen LogP contribution in [-0.2, 0) is 16.0 Å². The number of aliphatic hydroxyl groups excluding tert-OH is 1. The van der Waals surface area contributed by atoms with Gasteiger partial charge in [0.2, 0.25) is 5.88 Å². The van der Waals surface area contributed by atoms with E-state index < -0.39 is 6.10 Å². The quantitative estimate of drug-likeness (QED) is 0.287. The first kappa shape index (κ1) is 27.2. The topological polar surface area (TPSA) is 69.0 Å². The highest BCUT2D eigenvalue weighted by Gasteiger charge is 2.23. The minimum absolute atomic E-state index is 0.300. The van der Waals surface area contributed by atoms with Crippen molar-refractivity contribution < 1.29 is 19.3 Å². The van der Waals surface area contributed by atoms with Crippen LogP contribution in [0.5, 0.6) is 11.6 Å². The van der Waals surface area contributed by atoms with Gasteiger partial charge in [-0.1, -0.05) is 55.3 Å². The van der Waals surface area contributed by atoms with Crippen LogP contribution < -0.4 is 4.74 Å². The zero-order chi connectivity index (χ0) is 25.0. The molecule has 2 aromatic carbocycles. The van der Waals surface area contributed by atoms with Gasteiger partial charge in [-0.2, -0.15) is 5.10 Å². The van der Waals surface area contributed by atoms with Crippen molar-refractivity contribution in [2.45, 2.75) is 39.3 Å². The molecule has 0 aliphatic heterocycles. The normalized spacial score (nSPS) is 12.3. The second-order valence-electron chi connectivity index (χ2n) is 8.46. The van der Waals surface area contributed by atoms with Crippen molar-refractivity contribution in [1.29, 1.82) is 0 Å². The van der Waals surface area contributed by atoms with Gasteiger partial charge in [0.05, 0.1) is 41.3 Å². The van der Waals surface area contributed by atoms with Gasteiger partial charge in [0.1, 0.15) is 5.75 Å². The highest BCUT2D eigenvalue weighted by Crippen LogP contribution is 2.34. The number of unbranched alkanes of at least 4 members (excludes halogenated alkanes) is 1. The number of rotatable bonds is 15. The third-order valence-electron chi connectivity index (χ3n) is 5.60. The Morgan fingerprint density at radius 2 is 1.83 bits per heavy atom. The molecule has 0 bridgehead atoms. The van der Waals surface area contributed by atoms with Crippen LogP contribution in [0.3, 0.4) is 0 Å². The van der Waals surface area contributed by atoms with Crippen LogP contribution in [-0.4, -0.2) is 65.9 Å². The smallest absolute Gasteiger partial charge is 0.227 e. The third-order valence-corrected chi connectivity index (χ3v) is 5.91. The maximum atomic E-state index is 10.6. The molecule has 0 aliphatic rings. The second-order valence-corrected chi connectivity index (χ2v) is 8.87. The van der Waals surface area contributed by atoms with Crippen molar-refractivity contribution in [3.63, 3.8) is 0 Å². The monoisotopic (exact) mass is 501 g/mol. The zero-order valence-corrected chi connectivity index (χ0v) is 21.6. The fourth-order valence-corrected chi connectivity index (χ4v) is 3.87. The Morgan fingerprint density at radius 1 is 1.09 bits per heavy atom. The number of hydrogen-bond donors (Lipinski definition) is 1. The predicted octanol–water partition coefficient (Wildman–Crippen LogP) is 5.25. The summed E-state index contributed by atoms with van der Waals surface area (Å²) in [6.45, 7) is 7.18. The Labute approximate surface area is 213 Å². The molecule has 1 N–H and O–H groups in total. The Balaban J connectivity index is 1.88. The minimum Gasteiger partial charge on any atom is -0.437 e. The van der Waals surface area contributed by atoms with Crippen LogP contribution in [0.1, 0.15) is 31.0 Å². The largest absolute Gasteiger partial charge is 0.437 e. The molecule has 1 aromatic heterocycles. The molecule has 8 heteroatoms. The van der Waals surface area contributed by atoms with Gasteiger partial charge in [0.25, 0.3) is 0 Å². The first-order valence-electron chi connectivity index (χ1n) is 12.1. The van der Waals surface area contributed by atoms with Crippen LogP contribution in [0.2, 0.25) is 5.02 Å². The van der Waals surface area contributed by atoms with Crippen LogP contribution >= 0.6 is 11.6 Å². The molecule has 0 spiro atoms. The number of benzene rings is 2. The number of aryl methyl sites for hydroxylation is 1. The lowest BCUT2D eigenvalue weighted by Gasteiger charge is -2.25. The number of methoxy groups -OCH3 is 1. The van der Waals surface area contributed by atoms with Crippen molar-refractivity contribution in [2.75, 3.05) is 40.0 Å². The molecule has 1 atom stereocenters. The van der Waals surface area contributed by atoms with E-state index in [2.05, 4.69) is 11.8 Å². The molecule has 0 aliphatic carbocycles. The number of ether oxygens (including phenoxy) is 3. The number of hydrogen-bond acceptors (Lipinski definition) is 6. The molecule has 190 valence electrons. The van der Waals surface area contributed by atoms with E-state index in [0.717, 1.165) is 29.8 Å². The van der Waals surface area contributed by atoms with Gasteiger partial charge in [-0.15, -0.1) is 0 Å². The Hall–Kier alpha value is -2.42. The highest BCUT2D eigenvalue weighted by molar-refractivity contribution is 6.32. The number of halogens is 1. The highest BCUT2D eigenvalue weighted by atomic mass is 35.5. The Bertz CT molecular complexity index is 1030. The second kappa shape index (κ2) is 14.2. The molecule has 7 nitrogen and oxygen atoms in total. The molecule has 0 radical (unpaired) electrons. The lowest BCUT2D eigenvalue weighted by molar-refractivity contribution is 0.0100. The number of aromatic nitrogens is 2. The fourth-order valence-electron chi connectivity index (χ4n) is 3.70. The molecule has 3 rings (SSSR count). The van der Waals surface area contributed by atoms with E-state index in [1.54, 1.807) is 17.9 Å². The molecule has 35 heavy (non-hydrogen) atoms. The van der Waals surface area contributed by atoms with E-state index in [1.807, 2.05) is 55.5 Å². The maximum absolute atomic E-state index is 10.6. The lowest BCUT2D eigenvalue weighted by atomic mass is 10.2. The van der Waals surface area contributed by atoms with Crippen LogP contribution in [0.4, 0.5) is 0 Å². The van der Waals surface area contributed by atoms with E-state index in [-0.39, 0.29) is 0 Å². The van der Waals surface area contributed by atoms with Gasteiger partial charge in [0, 0.05) is 33.4 Å². The van der Waals surface area contributed by atoms with Crippen molar-refractivity contribution >= 4 is 11.6 Å². The molecule has 0 unspecified atom stereocenters.